The molecule has 194 valence electrons. The maximum Gasteiger partial charge on any atom is 0.491 e. The molecule has 5 amide bonds. The average molecular weight is 514 g/mol. The summed E-state index contributed by atoms with van der Waals surface area (Å²) in [7, 11) is 0. The fourth-order valence-corrected chi connectivity index (χ4v) is 3.56. The van der Waals surface area contributed by atoms with E-state index in [1.54, 1.807) is 0 Å². The number of nitrogens with one attached hydrogen (secondary N) is 2. The normalized spacial score (nSPS) is 18.4. The third kappa shape index (κ3) is 5.62. The van der Waals surface area contributed by atoms with Gasteiger partial charge in [-0.2, -0.15) is 13.2 Å². The number of unbranched alkanes of at least 4 members (excludes halogenated alkanes) is 1. The molecule has 1 saturated heterocycles. The van der Waals surface area contributed by atoms with Crippen LogP contribution in [-0.4, -0.2) is 72.0 Å². The molecule has 2 aliphatic heterocycles. The second-order valence-electron chi connectivity index (χ2n) is 7.77. The number of imide groups is 2. The van der Waals surface area contributed by atoms with Crippen molar-refractivity contribution in [3.8, 4) is 5.75 Å². The van der Waals surface area contributed by atoms with E-state index in [0.717, 1.165) is 6.07 Å². The van der Waals surface area contributed by atoms with E-state index in [1.165, 1.54) is 12.1 Å². The molecule has 0 aromatic heterocycles. The first-order chi connectivity index (χ1) is 17.0. The van der Waals surface area contributed by atoms with Crippen LogP contribution in [0.15, 0.2) is 18.2 Å². The number of benzene rings is 1. The van der Waals surface area contributed by atoms with Gasteiger partial charge in [-0.05, 0) is 37.9 Å². The van der Waals surface area contributed by atoms with Gasteiger partial charge in [0.05, 0.1) is 11.1 Å². The number of hydrogen-bond acceptors (Lipinski definition) is 9. The third-order valence-electron chi connectivity index (χ3n) is 5.25. The van der Waals surface area contributed by atoms with Gasteiger partial charge in [-0.3, -0.25) is 34.2 Å². The number of nitrogens with two attached hydrogens (primary N) is 1. The Bertz CT molecular complexity index is 1110. The molecule has 2 heterocycles. The molecule has 3 rings (SSSR count). The van der Waals surface area contributed by atoms with Gasteiger partial charge in [-0.15, -0.1) is 0 Å². The monoisotopic (exact) mass is 514 g/mol. The fourth-order valence-electron chi connectivity index (χ4n) is 3.56. The van der Waals surface area contributed by atoms with Gasteiger partial charge in [0, 0.05) is 13.0 Å². The van der Waals surface area contributed by atoms with E-state index in [-0.39, 0.29) is 24.9 Å². The van der Waals surface area contributed by atoms with Crippen LogP contribution >= 0.6 is 0 Å². The summed E-state index contributed by atoms with van der Waals surface area (Å²) in [6.07, 6.45) is -7.31. The zero-order valence-electron chi connectivity index (χ0n) is 18.6. The Labute approximate surface area is 201 Å². The van der Waals surface area contributed by atoms with Gasteiger partial charge >= 0.3 is 24.3 Å². The first-order valence-electron chi connectivity index (χ1n) is 10.7. The van der Waals surface area contributed by atoms with E-state index in [0.29, 0.717) is 24.3 Å². The maximum atomic E-state index is 13.1. The molecule has 2 aliphatic rings. The zero-order valence-corrected chi connectivity index (χ0v) is 18.6. The van der Waals surface area contributed by atoms with E-state index in [9.17, 15) is 41.9 Å². The van der Waals surface area contributed by atoms with E-state index < -0.39 is 65.3 Å². The predicted octanol–water partition coefficient (Wildman–Crippen LogP) is -0.247. The molecule has 2 unspecified atom stereocenters. The molecular weight excluding hydrogens is 493 g/mol. The number of carbonyl (C=O) groups excluding carboxylic acids is 6. The number of amides is 5. The Morgan fingerprint density at radius 2 is 1.89 bits per heavy atom. The van der Waals surface area contributed by atoms with Crippen molar-refractivity contribution in [1.29, 1.82) is 0 Å². The Kier molecular flexibility index (Phi) is 7.92. The summed E-state index contributed by atoms with van der Waals surface area (Å²) in [6.45, 7) is 0.280. The molecule has 12 nitrogen and oxygen atoms in total. The minimum Gasteiger partial charge on any atom is -0.445 e. The number of fused-ring (bicyclic) bond motifs is 1. The number of ether oxygens (including phenoxy) is 2. The Morgan fingerprint density at radius 3 is 2.53 bits per heavy atom. The SMILES string of the molecule is NCCCCNC(=O)C(OC(=O)C(F)(F)F)Oc1cccc2c1C(=O)N(C1CCC(=O)NC1=O)C2=O. The van der Waals surface area contributed by atoms with Gasteiger partial charge in [-0.1, -0.05) is 6.07 Å². The van der Waals surface area contributed by atoms with Crippen LogP contribution in [0.2, 0.25) is 0 Å². The van der Waals surface area contributed by atoms with Crippen LogP contribution in [0.25, 0.3) is 0 Å². The first kappa shape index (κ1) is 26.6. The molecule has 36 heavy (non-hydrogen) atoms. The van der Waals surface area contributed by atoms with Gasteiger partial charge in [0.15, 0.2) is 0 Å². The smallest absolute Gasteiger partial charge is 0.445 e. The lowest BCUT2D eigenvalue weighted by Crippen LogP contribution is -2.54. The van der Waals surface area contributed by atoms with Gasteiger partial charge in [0.1, 0.15) is 11.8 Å². The highest BCUT2D eigenvalue weighted by Gasteiger charge is 2.47. The van der Waals surface area contributed by atoms with Crippen molar-refractivity contribution in [2.45, 2.75) is 44.2 Å². The van der Waals surface area contributed by atoms with Gasteiger partial charge < -0.3 is 20.5 Å². The summed E-state index contributed by atoms with van der Waals surface area (Å²) in [6, 6.07) is 2.19. The van der Waals surface area contributed by atoms with Gasteiger partial charge in [-0.25, -0.2) is 4.79 Å². The van der Waals surface area contributed by atoms with Crippen LogP contribution in [0.4, 0.5) is 13.2 Å². The largest absolute Gasteiger partial charge is 0.491 e. The molecule has 1 aromatic rings. The van der Waals surface area contributed by atoms with E-state index in [1.807, 2.05) is 5.32 Å². The lowest BCUT2D eigenvalue weighted by Gasteiger charge is -2.27. The molecule has 2 atom stereocenters. The average Bonchev–Trinajstić information content (AvgIpc) is 3.06. The van der Waals surface area contributed by atoms with Crippen LogP contribution < -0.4 is 21.1 Å². The van der Waals surface area contributed by atoms with E-state index in [4.69, 9.17) is 10.5 Å². The molecular formula is C21H21F3N4O8. The quantitative estimate of drug-likeness (QED) is 0.174. The molecule has 0 saturated carbocycles. The number of halogens is 3. The summed E-state index contributed by atoms with van der Waals surface area (Å²) in [5, 5.41) is 4.26. The first-order valence-corrected chi connectivity index (χ1v) is 10.7. The lowest BCUT2D eigenvalue weighted by molar-refractivity contribution is -0.216. The van der Waals surface area contributed by atoms with Crippen LogP contribution in [0, 0.1) is 0 Å². The molecule has 0 aliphatic carbocycles. The Morgan fingerprint density at radius 1 is 1.17 bits per heavy atom. The lowest BCUT2D eigenvalue weighted by atomic mass is 10.0. The number of carbonyl (C=O) groups is 6. The van der Waals surface area contributed by atoms with E-state index >= 15 is 0 Å². The van der Waals surface area contributed by atoms with Crippen molar-refractivity contribution >= 4 is 35.5 Å². The second kappa shape index (κ2) is 10.7. The van der Waals surface area contributed by atoms with E-state index in [2.05, 4.69) is 10.1 Å². The van der Waals surface area contributed by atoms with Gasteiger partial charge in [0.25, 0.3) is 11.8 Å². The number of hydrogen-bond donors (Lipinski definition) is 3. The van der Waals surface area contributed by atoms with Crippen molar-refractivity contribution < 1.29 is 51.4 Å². The topological polar surface area (TPSA) is 174 Å². The summed E-state index contributed by atoms with van der Waals surface area (Å²) >= 11 is 0. The number of alkyl halides is 3. The summed E-state index contributed by atoms with van der Waals surface area (Å²) in [5.41, 5.74) is 4.64. The van der Waals surface area contributed by atoms with Crippen molar-refractivity contribution in [1.82, 2.24) is 15.5 Å². The number of rotatable bonds is 9. The highest BCUT2D eigenvalue weighted by molar-refractivity contribution is 6.24. The molecule has 1 fully saturated rings. The maximum absolute atomic E-state index is 13.1. The minimum absolute atomic E-state index is 0.0208. The molecule has 0 spiro atoms. The third-order valence-corrected chi connectivity index (χ3v) is 5.25. The highest BCUT2D eigenvalue weighted by Crippen LogP contribution is 2.34. The number of nitrogens with zero attached hydrogens (tertiary/aromatic N) is 1. The summed E-state index contributed by atoms with van der Waals surface area (Å²) < 4.78 is 47.7. The van der Waals surface area contributed by atoms with Gasteiger partial charge in [0.2, 0.25) is 11.8 Å². The van der Waals surface area contributed by atoms with Crippen molar-refractivity contribution in [2.24, 2.45) is 5.73 Å². The standard InChI is InChI=1S/C21H21F3N4O8/c22-21(23,24)20(34)36-19(16(31)26-9-2-1-8-25)35-12-5-3-4-10-14(12)18(33)28(17(10)32)11-6-7-13(29)27-15(11)30/h3-5,11,19H,1-2,6-9,25H2,(H,26,31)(H,27,29,30). The molecule has 0 bridgehead atoms. The van der Waals surface area contributed by atoms with Crippen LogP contribution in [0.3, 0.4) is 0 Å². The minimum atomic E-state index is -5.45. The molecule has 15 heteroatoms. The number of piperidine rings is 1. The van der Waals surface area contributed by atoms with Crippen molar-refractivity contribution in [3.63, 3.8) is 0 Å². The van der Waals surface area contributed by atoms with Crippen LogP contribution in [-0.2, 0) is 23.9 Å². The molecule has 4 N–H and O–H groups in total. The number of esters is 1. The molecule has 0 radical (unpaired) electrons. The zero-order chi connectivity index (χ0) is 26.6. The fraction of sp³-hybridized carbons (Fsp3) is 0.429. The summed E-state index contributed by atoms with van der Waals surface area (Å²) in [4.78, 5) is 74.0. The molecule has 1 aromatic carbocycles. The Balaban J connectivity index is 1.88. The van der Waals surface area contributed by atoms with Crippen LogP contribution in [0.5, 0.6) is 5.75 Å². The highest BCUT2D eigenvalue weighted by atomic mass is 19.4. The van der Waals surface area contributed by atoms with Crippen molar-refractivity contribution in [3.05, 3.63) is 29.3 Å². The second-order valence-corrected chi connectivity index (χ2v) is 7.77. The Hall–Kier alpha value is -4.01. The summed E-state index contributed by atoms with van der Waals surface area (Å²) in [5.74, 6) is -7.90. The predicted molar refractivity (Wildman–Crippen MR) is 111 cm³/mol. The van der Waals surface area contributed by atoms with Crippen molar-refractivity contribution in [2.75, 3.05) is 13.1 Å². The van der Waals surface area contributed by atoms with Crippen LogP contribution in [0.1, 0.15) is 46.4 Å².